The van der Waals surface area contributed by atoms with Crippen molar-refractivity contribution in [3.8, 4) is 0 Å². The van der Waals surface area contributed by atoms with Gasteiger partial charge in [0.2, 0.25) is 0 Å². The van der Waals surface area contributed by atoms with E-state index in [1.807, 2.05) is 20.8 Å². The zero-order valence-corrected chi connectivity index (χ0v) is 11.0. The molecule has 0 radical (unpaired) electrons. The van der Waals surface area contributed by atoms with Crippen molar-refractivity contribution >= 4 is 11.6 Å². The number of anilines is 2. The van der Waals surface area contributed by atoms with Gasteiger partial charge in [-0.3, -0.25) is 0 Å². The molecule has 1 rings (SSSR count). The third kappa shape index (κ3) is 3.85. The number of aliphatic hydroxyl groups excluding tert-OH is 1. The van der Waals surface area contributed by atoms with Gasteiger partial charge in [0.1, 0.15) is 17.5 Å². The molecule has 17 heavy (non-hydrogen) atoms. The highest BCUT2D eigenvalue weighted by atomic mass is 16.3. The first-order chi connectivity index (χ1) is 8.08. The standard InChI is InChI=1S/C12H22N4O/c1-5-10-15-11(13-6-2)9(4)12(16-10)14-7-8(3)17/h8,17H,5-7H2,1-4H3,(H2,13,14,15,16). The third-order valence-corrected chi connectivity index (χ3v) is 2.42. The molecule has 5 heteroatoms. The second-order valence-electron chi connectivity index (χ2n) is 4.08. The predicted octanol–water partition coefficient (Wildman–Crippen LogP) is 1.57. The molecule has 5 nitrogen and oxygen atoms in total. The van der Waals surface area contributed by atoms with E-state index in [0.717, 1.165) is 36.0 Å². The molecule has 1 aromatic heterocycles. The number of aromatic nitrogens is 2. The zero-order valence-electron chi connectivity index (χ0n) is 11.0. The Labute approximate surface area is 103 Å². The van der Waals surface area contributed by atoms with Gasteiger partial charge in [0.15, 0.2) is 0 Å². The Bertz CT molecular complexity index is 366. The van der Waals surface area contributed by atoms with Crippen LogP contribution in [0.1, 0.15) is 32.2 Å². The Kier molecular flexibility index (Phi) is 5.15. The summed E-state index contributed by atoms with van der Waals surface area (Å²) in [5, 5.41) is 15.7. The second kappa shape index (κ2) is 6.39. The van der Waals surface area contributed by atoms with E-state index in [1.54, 1.807) is 6.92 Å². The average molecular weight is 238 g/mol. The fraction of sp³-hybridized carbons (Fsp3) is 0.667. The van der Waals surface area contributed by atoms with Gasteiger partial charge in [0.05, 0.1) is 6.10 Å². The number of aliphatic hydroxyl groups is 1. The normalized spacial score (nSPS) is 12.3. The van der Waals surface area contributed by atoms with E-state index in [-0.39, 0.29) is 0 Å². The van der Waals surface area contributed by atoms with Crippen molar-refractivity contribution in [2.24, 2.45) is 0 Å². The predicted molar refractivity (Wildman–Crippen MR) is 70.5 cm³/mol. The molecule has 0 aliphatic carbocycles. The van der Waals surface area contributed by atoms with E-state index in [2.05, 4.69) is 20.6 Å². The van der Waals surface area contributed by atoms with E-state index in [1.165, 1.54) is 0 Å². The van der Waals surface area contributed by atoms with Gasteiger partial charge >= 0.3 is 0 Å². The van der Waals surface area contributed by atoms with Gasteiger partial charge in [0.25, 0.3) is 0 Å². The fourth-order valence-electron chi connectivity index (χ4n) is 1.48. The van der Waals surface area contributed by atoms with Crippen LogP contribution in [0.5, 0.6) is 0 Å². The third-order valence-electron chi connectivity index (χ3n) is 2.42. The summed E-state index contributed by atoms with van der Waals surface area (Å²) in [5.41, 5.74) is 0.990. The lowest BCUT2D eigenvalue weighted by Gasteiger charge is -2.14. The maximum atomic E-state index is 9.28. The SMILES string of the molecule is CCNc1nc(CC)nc(NCC(C)O)c1C. The minimum absolute atomic E-state index is 0.392. The number of rotatable bonds is 6. The van der Waals surface area contributed by atoms with E-state index in [9.17, 15) is 5.11 Å². The summed E-state index contributed by atoms with van der Waals surface area (Å²) < 4.78 is 0. The first-order valence-electron chi connectivity index (χ1n) is 6.11. The highest BCUT2D eigenvalue weighted by Gasteiger charge is 2.09. The molecule has 3 N–H and O–H groups in total. The molecule has 0 aliphatic rings. The van der Waals surface area contributed by atoms with Gasteiger partial charge < -0.3 is 15.7 Å². The molecule has 0 saturated heterocycles. The average Bonchev–Trinajstić information content (AvgIpc) is 2.30. The molecule has 0 saturated carbocycles. The monoisotopic (exact) mass is 238 g/mol. The van der Waals surface area contributed by atoms with Gasteiger partial charge in [-0.15, -0.1) is 0 Å². The number of hydrogen-bond acceptors (Lipinski definition) is 5. The summed E-state index contributed by atoms with van der Waals surface area (Å²) in [6.45, 7) is 9.11. The minimum Gasteiger partial charge on any atom is -0.392 e. The van der Waals surface area contributed by atoms with Crippen molar-refractivity contribution in [1.82, 2.24) is 9.97 Å². The van der Waals surface area contributed by atoms with Crippen molar-refractivity contribution in [3.05, 3.63) is 11.4 Å². The largest absolute Gasteiger partial charge is 0.392 e. The van der Waals surface area contributed by atoms with Crippen LogP contribution < -0.4 is 10.6 Å². The van der Waals surface area contributed by atoms with E-state index in [0.29, 0.717) is 6.54 Å². The molecule has 1 heterocycles. The first-order valence-corrected chi connectivity index (χ1v) is 6.11. The first kappa shape index (κ1) is 13.7. The Morgan fingerprint density at radius 3 is 2.24 bits per heavy atom. The Morgan fingerprint density at radius 2 is 1.76 bits per heavy atom. The summed E-state index contributed by atoms with van der Waals surface area (Å²) in [7, 11) is 0. The van der Waals surface area contributed by atoms with Crippen molar-refractivity contribution in [2.75, 3.05) is 23.7 Å². The molecule has 1 atom stereocenters. The summed E-state index contributed by atoms with van der Waals surface area (Å²) in [5.74, 6) is 2.47. The Morgan fingerprint density at radius 1 is 1.18 bits per heavy atom. The molecule has 0 fully saturated rings. The zero-order chi connectivity index (χ0) is 12.8. The lowest BCUT2D eigenvalue weighted by molar-refractivity contribution is 0.208. The van der Waals surface area contributed by atoms with Crippen molar-refractivity contribution in [1.29, 1.82) is 0 Å². The molecule has 1 aromatic rings. The maximum absolute atomic E-state index is 9.28. The van der Waals surface area contributed by atoms with Gasteiger partial charge in [-0.25, -0.2) is 9.97 Å². The van der Waals surface area contributed by atoms with Crippen LogP contribution in [0.15, 0.2) is 0 Å². The molecular weight excluding hydrogens is 216 g/mol. The molecule has 0 spiro atoms. The van der Waals surface area contributed by atoms with Crippen LogP contribution in [0.2, 0.25) is 0 Å². The van der Waals surface area contributed by atoms with Gasteiger partial charge in [-0.2, -0.15) is 0 Å². The number of nitrogens with one attached hydrogen (secondary N) is 2. The van der Waals surface area contributed by atoms with Crippen molar-refractivity contribution in [2.45, 2.75) is 40.2 Å². The summed E-state index contributed by atoms with van der Waals surface area (Å²) in [4.78, 5) is 8.88. The molecule has 0 aliphatic heterocycles. The molecule has 96 valence electrons. The number of aryl methyl sites for hydroxylation is 1. The number of nitrogens with zero attached hydrogens (tertiary/aromatic N) is 2. The van der Waals surface area contributed by atoms with E-state index >= 15 is 0 Å². The lowest BCUT2D eigenvalue weighted by Crippen LogP contribution is -2.18. The topological polar surface area (TPSA) is 70.1 Å². The highest BCUT2D eigenvalue weighted by molar-refractivity contribution is 5.57. The molecular formula is C12H22N4O. The van der Waals surface area contributed by atoms with Crippen LogP contribution >= 0.6 is 0 Å². The summed E-state index contributed by atoms with van der Waals surface area (Å²) in [6.07, 6.45) is 0.402. The van der Waals surface area contributed by atoms with Gasteiger partial charge in [-0.05, 0) is 20.8 Å². The van der Waals surface area contributed by atoms with Crippen LogP contribution in [-0.4, -0.2) is 34.3 Å². The van der Waals surface area contributed by atoms with Gasteiger partial charge in [-0.1, -0.05) is 6.92 Å². The van der Waals surface area contributed by atoms with E-state index in [4.69, 9.17) is 0 Å². The molecule has 0 aromatic carbocycles. The Balaban J connectivity index is 2.96. The molecule has 0 amide bonds. The summed E-state index contributed by atoms with van der Waals surface area (Å²) >= 11 is 0. The quantitative estimate of drug-likeness (QED) is 0.702. The van der Waals surface area contributed by atoms with Crippen molar-refractivity contribution in [3.63, 3.8) is 0 Å². The minimum atomic E-state index is -0.392. The number of hydrogen-bond donors (Lipinski definition) is 3. The fourth-order valence-corrected chi connectivity index (χ4v) is 1.48. The van der Waals surface area contributed by atoms with Crippen LogP contribution in [0, 0.1) is 6.92 Å². The summed E-state index contributed by atoms with van der Waals surface area (Å²) in [6, 6.07) is 0. The Hall–Kier alpha value is -1.36. The highest BCUT2D eigenvalue weighted by Crippen LogP contribution is 2.20. The van der Waals surface area contributed by atoms with Gasteiger partial charge in [0, 0.05) is 25.1 Å². The van der Waals surface area contributed by atoms with Crippen LogP contribution in [0.25, 0.3) is 0 Å². The van der Waals surface area contributed by atoms with Crippen LogP contribution in [0.3, 0.4) is 0 Å². The van der Waals surface area contributed by atoms with E-state index < -0.39 is 6.10 Å². The maximum Gasteiger partial charge on any atom is 0.134 e. The molecule has 0 bridgehead atoms. The second-order valence-corrected chi connectivity index (χ2v) is 4.08. The van der Waals surface area contributed by atoms with Crippen LogP contribution in [-0.2, 0) is 6.42 Å². The smallest absolute Gasteiger partial charge is 0.134 e. The van der Waals surface area contributed by atoms with Crippen LogP contribution in [0.4, 0.5) is 11.6 Å². The lowest BCUT2D eigenvalue weighted by atomic mass is 10.2. The van der Waals surface area contributed by atoms with Crippen molar-refractivity contribution < 1.29 is 5.11 Å². The molecule has 1 unspecified atom stereocenters.